The van der Waals surface area contributed by atoms with Crippen molar-refractivity contribution in [1.29, 1.82) is 0 Å². The van der Waals surface area contributed by atoms with Crippen LogP contribution >= 0.6 is 0 Å². The molecule has 0 saturated carbocycles. The molecule has 6 heteroatoms. The first kappa shape index (κ1) is 19.5. The number of nitrogens with zero attached hydrogens (tertiary/aromatic N) is 1. The number of rotatable bonds is 6. The Morgan fingerprint density at radius 3 is 2.43 bits per heavy atom. The van der Waals surface area contributed by atoms with E-state index in [9.17, 15) is 18.0 Å². The molecule has 23 heavy (non-hydrogen) atoms. The zero-order valence-corrected chi connectivity index (χ0v) is 14.1. The van der Waals surface area contributed by atoms with Crippen LogP contribution in [0.3, 0.4) is 0 Å². The Kier molecular flexibility index (Phi) is 6.22. The Bertz CT molecular complexity index is 541. The number of benzene rings is 1. The Hall–Kier alpha value is -1.56. The smallest absolute Gasteiger partial charge is 0.345 e. The predicted octanol–water partition coefficient (Wildman–Crippen LogP) is 3.33. The fourth-order valence-corrected chi connectivity index (χ4v) is 2.48. The van der Waals surface area contributed by atoms with Gasteiger partial charge in [-0.3, -0.25) is 4.79 Å². The maximum atomic E-state index is 12.7. The number of amides is 1. The maximum absolute atomic E-state index is 12.7. The minimum Gasteiger partial charge on any atom is -0.345 e. The maximum Gasteiger partial charge on any atom is 0.416 e. The molecular weight excluding hydrogens is 305 g/mol. The molecule has 0 aliphatic carbocycles. The molecule has 2 N–H and O–H groups in total. The van der Waals surface area contributed by atoms with Crippen molar-refractivity contribution >= 4 is 5.91 Å². The third-order valence-electron chi connectivity index (χ3n) is 3.81. The van der Waals surface area contributed by atoms with Gasteiger partial charge in [-0.25, -0.2) is 0 Å². The van der Waals surface area contributed by atoms with E-state index >= 15 is 0 Å². The van der Waals surface area contributed by atoms with Crippen LogP contribution in [0, 0.1) is 11.3 Å². The molecule has 0 aliphatic heterocycles. The van der Waals surface area contributed by atoms with Crippen LogP contribution in [0.25, 0.3) is 0 Å². The lowest BCUT2D eigenvalue weighted by atomic mass is 9.92. The van der Waals surface area contributed by atoms with Gasteiger partial charge in [-0.05, 0) is 30.0 Å². The fourth-order valence-electron chi connectivity index (χ4n) is 2.48. The summed E-state index contributed by atoms with van der Waals surface area (Å²) in [6, 6.07) is 5.12. The van der Waals surface area contributed by atoms with Crippen LogP contribution in [0.1, 0.15) is 31.9 Å². The van der Waals surface area contributed by atoms with Gasteiger partial charge in [0.2, 0.25) is 5.91 Å². The Morgan fingerprint density at radius 1 is 1.30 bits per heavy atom. The molecule has 0 bridgehead atoms. The number of hydrogen-bond donors (Lipinski definition) is 1. The Labute approximate surface area is 135 Å². The topological polar surface area (TPSA) is 46.3 Å². The molecule has 1 rings (SSSR count). The summed E-state index contributed by atoms with van der Waals surface area (Å²) in [5, 5.41) is 0. The van der Waals surface area contributed by atoms with Crippen molar-refractivity contribution in [3.63, 3.8) is 0 Å². The predicted molar refractivity (Wildman–Crippen MR) is 84.8 cm³/mol. The number of hydrogen-bond acceptors (Lipinski definition) is 2. The van der Waals surface area contributed by atoms with Gasteiger partial charge in [0, 0.05) is 19.5 Å². The van der Waals surface area contributed by atoms with Gasteiger partial charge in [0.25, 0.3) is 0 Å². The molecule has 0 spiro atoms. The van der Waals surface area contributed by atoms with Crippen molar-refractivity contribution in [2.75, 3.05) is 20.1 Å². The number of carbonyl (C=O) groups is 1. The average Bonchev–Trinajstić information content (AvgIpc) is 2.45. The van der Waals surface area contributed by atoms with Crippen LogP contribution in [0.2, 0.25) is 0 Å². The van der Waals surface area contributed by atoms with E-state index in [-0.39, 0.29) is 17.7 Å². The summed E-state index contributed by atoms with van der Waals surface area (Å²) < 4.78 is 38.2. The first-order chi connectivity index (χ1) is 10.5. The van der Waals surface area contributed by atoms with Crippen molar-refractivity contribution < 1.29 is 18.0 Å². The second-order valence-electron chi connectivity index (χ2n) is 6.87. The molecule has 1 atom stereocenters. The molecule has 0 heterocycles. The summed E-state index contributed by atoms with van der Waals surface area (Å²) in [5.41, 5.74) is 5.29. The van der Waals surface area contributed by atoms with Crippen molar-refractivity contribution in [3.05, 3.63) is 35.4 Å². The third kappa shape index (κ3) is 5.86. The van der Waals surface area contributed by atoms with E-state index in [1.54, 1.807) is 24.9 Å². The third-order valence-corrected chi connectivity index (χ3v) is 3.81. The van der Waals surface area contributed by atoms with Crippen LogP contribution in [-0.4, -0.2) is 30.9 Å². The molecule has 130 valence electrons. The van der Waals surface area contributed by atoms with E-state index < -0.39 is 17.7 Å². The van der Waals surface area contributed by atoms with Gasteiger partial charge in [0.05, 0.1) is 5.56 Å². The SMILES string of the molecule is CC(Cc1cccc(C(F)(F)F)c1)C(=O)N(C)CC(C)(C)CN. The molecule has 1 aromatic carbocycles. The normalized spacial score (nSPS) is 13.7. The minimum atomic E-state index is -4.37. The Balaban J connectivity index is 2.76. The molecule has 0 saturated heterocycles. The summed E-state index contributed by atoms with van der Waals surface area (Å²) in [5.74, 6) is -0.485. The fraction of sp³-hybridized carbons (Fsp3) is 0.588. The Morgan fingerprint density at radius 2 is 1.91 bits per heavy atom. The molecule has 3 nitrogen and oxygen atoms in total. The van der Waals surface area contributed by atoms with E-state index in [0.717, 1.165) is 12.1 Å². The molecule has 0 radical (unpaired) electrons. The van der Waals surface area contributed by atoms with E-state index in [1.807, 2.05) is 13.8 Å². The highest BCUT2D eigenvalue weighted by molar-refractivity contribution is 5.78. The minimum absolute atomic E-state index is 0.0936. The number of alkyl halides is 3. The molecule has 0 aliphatic rings. The number of carbonyl (C=O) groups excluding carboxylic acids is 1. The lowest BCUT2D eigenvalue weighted by molar-refractivity contribution is -0.137. The summed E-state index contributed by atoms with van der Waals surface area (Å²) >= 11 is 0. The largest absolute Gasteiger partial charge is 0.416 e. The van der Waals surface area contributed by atoms with Crippen molar-refractivity contribution in [2.45, 2.75) is 33.4 Å². The lowest BCUT2D eigenvalue weighted by Gasteiger charge is -2.30. The molecule has 1 amide bonds. The monoisotopic (exact) mass is 330 g/mol. The summed E-state index contributed by atoms with van der Waals surface area (Å²) in [4.78, 5) is 14.0. The highest BCUT2D eigenvalue weighted by atomic mass is 19.4. The van der Waals surface area contributed by atoms with Gasteiger partial charge < -0.3 is 10.6 Å². The van der Waals surface area contributed by atoms with Gasteiger partial charge in [0.15, 0.2) is 0 Å². The van der Waals surface area contributed by atoms with Crippen molar-refractivity contribution in [1.82, 2.24) is 4.90 Å². The van der Waals surface area contributed by atoms with E-state index in [1.165, 1.54) is 6.07 Å². The van der Waals surface area contributed by atoms with Crippen LogP contribution in [-0.2, 0) is 17.4 Å². The van der Waals surface area contributed by atoms with E-state index in [4.69, 9.17) is 5.73 Å². The number of nitrogens with two attached hydrogens (primary N) is 1. The quantitative estimate of drug-likeness (QED) is 0.870. The average molecular weight is 330 g/mol. The summed E-state index contributed by atoms with van der Waals surface area (Å²) in [6.07, 6.45) is -4.10. The first-order valence-corrected chi connectivity index (χ1v) is 7.57. The van der Waals surface area contributed by atoms with E-state index in [2.05, 4.69) is 0 Å². The van der Waals surface area contributed by atoms with Crippen LogP contribution in [0.4, 0.5) is 13.2 Å². The molecule has 1 aromatic rings. The standard InChI is InChI=1S/C17H25F3N2O/c1-12(15(23)22(4)11-16(2,3)10-21)8-13-6-5-7-14(9-13)17(18,19)20/h5-7,9,12H,8,10-11,21H2,1-4H3. The van der Waals surface area contributed by atoms with Gasteiger partial charge >= 0.3 is 6.18 Å². The summed E-state index contributed by atoms with van der Waals surface area (Å²) in [7, 11) is 1.70. The molecule has 1 unspecified atom stereocenters. The van der Waals surface area contributed by atoms with Crippen LogP contribution in [0.15, 0.2) is 24.3 Å². The summed E-state index contributed by atoms with van der Waals surface area (Å²) in [6.45, 7) is 6.62. The van der Waals surface area contributed by atoms with E-state index in [0.29, 0.717) is 18.7 Å². The van der Waals surface area contributed by atoms with Gasteiger partial charge in [0.1, 0.15) is 0 Å². The van der Waals surface area contributed by atoms with Crippen LogP contribution < -0.4 is 5.73 Å². The van der Waals surface area contributed by atoms with Gasteiger partial charge in [-0.1, -0.05) is 39.0 Å². The molecule has 0 fully saturated rings. The van der Waals surface area contributed by atoms with Gasteiger partial charge in [-0.2, -0.15) is 13.2 Å². The first-order valence-electron chi connectivity index (χ1n) is 7.57. The number of halogens is 3. The lowest BCUT2D eigenvalue weighted by Crippen LogP contribution is -2.42. The van der Waals surface area contributed by atoms with Crippen molar-refractivity contribution in [2.24, 2.45) is 17.1 Å². The highest BCUT2D eigenvalue weighted by Crippen LogP contribution is 2.30. The van der Waals surface area contributed by atoms with Crippen molar-refractivity contribution in [3.8, 4) is 0 Å². The van der Waals surface area contributed by atoms with Crippen LogP contribution in [0.5, 0.6) is 0 Å². The second-order valence-corrected chi connectivity index (χ2v) is 6.87. The molecule has 0 aromatic heterocycles. The highest BCUT2D eigenvalue weighted by Gasteiger charge is 2.31. The zero-order chi connectivity index (χ0) is 17.8. The second kappa shape index (κ2) is 7.34. The molecular formula is C17H25F3N2O. The zero-order valence-electron chi connectivity index (χ0n) is 14.1. The van der Waals surface area contributed by atoms with Gasteiger partial charge in [-0.15, -0.1) is 0 Å².